The van der Waals surface area contributed by atoms with Crippen LogP contribution in [0.4, 0.5) is 0 Å². The number of ketones is 1. The van der Waals surface area contributed by atoms with Gasteiger partial charge in [-0.15, -0.1) is 0 Å². The van der Waals surface area contributed by atoms with E-state index in [-0.39, 0.29) is 34.1 Å². The second-order valence-electron chi connectivity index (χ2n) is 16.2. The minimum atomic E-state index is -0.323. The lowest BCUT2D eigenvalue weighted by Gasteiger charge is -2.72. The minimum Gasteiger partial charge on any atom is -0.389 e. The number of fused-ring (bicyclic) bond motifs is 7. The Morgan fingerprint density at radius 3 is 2.23 bits per heavy atom. The second kappa shape index (κ2) is 7.70. The van der Waals surface area contributed by atoms with E-state index in [1.54, 1.807) is 5.57 Å². The maximum Gasteiger partial charge on any atom is 0.164 e. The molecule has 4 fully saturated rings. The Bertz CT molecular complexity index is 927. The highest BCUT2D eigenvalue weighted by Crippen LogP contribution is 2.76. The minimum absolute atomic E-state index is 0.126. The van der Waals surface area contributed by atoms with Crippen LogP contribution < -0.4 is 0 Å². The number of aliphatic hydroxyl groups is 1. The highest BCUT2D eigenvalue weighted by molar-refractivity contribution is 5.87. The average molecular weight is 483 g/mol. The third-order valence-corrected chi connectivity index (χ3v) is 14.3. The Kier molecular flexibility index (Phi) is 5.72. The van der Waals surface area contributed by atoms with E-state index in [1.165, 1.54) is 25.7 Å². The van der Waals surface area contributed by atoms with Gasteiger partial charge in [-0.1, -0.05) is 74.0 Å². The highest BCUT2D eigenvalue weighted by Gasteiger charge is 2.69. The number of hydrogen-bond acceptors (Lipinski definition) is 2. The molecule has 4 saturated carbocycles. The lowest BCUT2D eigenvalue weighted by atomic mass is 9.32. The third-order valence-electron chi connectivity index (χ3n) is 14.3. The molecule has 198 valence electrons. The van der Waals surface area contributed by atoms with Gasteiger partial charge in [0.1, 0.15) is 6.61 Å². The van der Waals surface area contributed by atoms with E-state index < -0.39 is 0 Å². The van der Waals surface area contributed by atoms with Gasteiger partial charge in [-0.25, -0.2) is 0 Å². The Hall–Kier alpha value is -0.630. The number of carbonyl (C=O) groups excluding carboxylic acids is 1. The molecule has 0 heterocycles. The highest BCUT2D eigenvalue weighted by atomic mass is 16.3. The van der Waals surface area contributed by atoms with Crippen molar-refractivity contribution < 1.29 is 9.90 Å². The van der Waals surface area contributed by atoms with Crippen molar-refractivity contribution in [1.82, 2.24) is 0 Å². The normalized spacial score (nSPS) is 52.3. The van der Waals surface area contributed by atoms with Crippen LogP contribution in [0.3, 0.4) is 0 Å². The number of Topliss-reactive ketones (excluding diaryl/α,β-unsaturated/α-hetero) is 1. The lowest BCUT2D eigenvalue weighted by molar-refractivity contribution is -0.202. The van der Waals surface area contributed by atoms with E-state index in [1.807, 2.05) is 0 Å². The van der Waals surface area contributed by atoms with Crippen LogP contribution in [-0.4, -0.2) is 17.5 Å². The molecule has 2 nitrogen and oxygen atoms in total. The summed E-state index contributed by atoms with van der Waals surface area (Å²) in [6, 6.07) is 0. The van der Waals surface area contributed by atoms with Crippen molar-refractivity contribution in [2.75, 3.05) is 6.61 Å². The van der Waals surface area contributed by atoms with E-state index in [4.69, 9.17) is 0 Å². The molecule has 5 aliphatic carbocycles. The molecule has 0 aromatic carbocycles. The van der Waals surface area contributed by atoms with Crippen LogP contribution in [0.5, 0.6) is 0 Å². The van der Waals surface area contributed by atoms with Crippen molar-refractivity contribution >= 4 is 5.78 Å². The quantitative estimate of drug-likeness (QED) is 0.402. The summed E-state index contributed by atoms with van der Waals surface area (Å²) < 4.78 is 0. The van der Waals surface area contributed by atoms with Crippen molar-refractivity contribution in [3.63, 3.8) is 0 Å². The van der Waals surface area contributed by atoms with Crippen molar-refractivity contribution in [3.05, 3.63) is 11.6 Å². The zero-order valence-corrected chi connectivity index (χ0v) is 24.4. The SMILES string of the molecule is C[C@@H]1[C@@H](C)C[C@]2(C)[C@H]3CC=C4[C@@H]5CC(C)(C)CC[C@]5(C(=O)CO)CC[C@@]4(C)[C@]3(C)CC[C@H]2C1(C)C. The number of rotatable bonds is 2. The zero-order valence-electron chi connectivity index (χ0n) is 24.4. The number of aliphatic hydroxyl groups excluding tert-OH is 1. The molecule has 0 bridgehead atoms. The number of allylic oxidation sites excluding steroid dienone is 2. The molecule has 1 N–H and O–H groups in total. The molecule has 0 aromatic heterocycles. The van der Waals surface area contributed by atoms with Gasteiger partial charge in [-0.05, 0) is 114 Å². The van der Waals surface area contributed by atoms with Crippen molar-refractivity contribution in [2.45, 2.75) is 120 Å². The van der Waals surface area contributed by atoms with Gasteiger partial charge in [-0.2, -0.15) is 0 Å². The molecule has 0 aromatic rings. The summed E-state index contributed by atoms with van der Waals surface area (Å²) in [5, 5.41) is 10.0. The Balaban J connectivity index is 1.61. The van der Waals surface area contributed by atoms with Crippen LogP contribution >= 0.6 is 0 Å². The van der Waals surface area contributed by atoms with Gasteiger partial charge in [-0.3, -0.25) is 4.79 Å². The van der Waals surface area contributed by atoms with E-state index >= 15 is 0 Å². The van der Waals surface area contributed by atoms with E-state index in [0.717, 1.165) is 55.8 Å². The second-order valence-corrected chi connectivity index (χ2v) is 16.2. The fourth-order valence-electron chi connectivity index (χ4n) is 11.7. The summed E-state index contributed by atoms with van der Waals surface area (Å²) in [7, 11) is 0. The summed E-state index contributed by atoms with van der Waals surface area (Å²) in [5.41, 5.74) is 2.79. The maximum absolute atomic E-state index is 13.4. The lowest BCUT2D eigenvalue weighted by Crippen LogP contribution is -2.65. The third kappa shape index (κ3) is 3.20. The van der Waals surface area contributed by atoms with Gasteiger partial charge < -0.3 is 5.11 Å². The molecule has 5 rings (SSSR count). The summed E-state index contributed by atoms with van der Waals surface area (Å²) in [6.45, 7) is 22.6. The predicted octanol–water partition coefficient (Wildman–Crippen LogP) is 8.23. The largest absolute Gasteiger partial charge is 0.389 e. The molecule has 9 atom stereocenters. The summed E-state index contributed by atoms with van der Waals surface area (Å²) in [6.07, 6.45) is 13.2. The zero-order chi connectivity index (χ0) is 25.8. The standard InChI is InChI=1S/C33H54O2/c1-21-18-30(7)25(29(5,6)22(21)2)12-13-32(9)26(30)11-10-23-24-19-28(3,4)14-16-33(24,27(35)20-34)17-15-31(23,32)8/h10,21-22,24-26,34H,11-20H2,1-9H3/t21-,22+,24-,25-,26+,30-,31+,32+,33-/m0/s1. The van der Waals surface area contributed by atoms with E-state index in [0.29, 0.717) is 16.7 Å². The number of hydrogen-bond donors (Lipinski definition) is 1. The van der Waals surface area contributed by atoms with Gasteiger partial charge in [0.25, 0.3) is 0 Å². The first-order chi connectivity index (χ1) is 16.1. The van der Waals surface area contributed by atoms with E-state index in [2.05, 4.69) is 68.4 Å². The van der Waals surface area contributed by atoms with Gasteiger partial charge >= 0.3 is 0 Å². The Morgan fingerprint density at radius 2 is 1.57 bits per heavy atom. The molecule has 0 unspecified atom stereocenters. The monoisotopic (exact) mass is 482 g/mol. The Morgan fingerprint density at radius 1 is 0.914 bits per heavy atom. The first-order valence-corrected chi connectivity index (χ1v) is 14.9. The molecule has 0 spiro atoms. The number of carbonyl (C=O) groups is 1. The van der Waals surface area contributed by atoms with Crippen LogP contribution in [0.2, 0.25) is 0 Å². The topological polar surface area (TPSA) is 37.3 Å². The maximum atomic E-state index is 13.4. The smallest absolute Gasteiger partial charge is 0.164 e. The Labute approximate surface area is 216 Å². The van der Waals surface area contributed by atoms with E-state index in [9.17, 15) is 9.90 Å². The van der Waals surface area contributed by atoms with Crippen molar-refractivity contribution in [2.24, 2.45) is 62.1 Å². The molecule has 0 aliphatic heterocycles. The fraction of sp³-hybridized carbons (Fsp3) is 0.909. The van der Waals surface area contributed by atoms with Crippen LogP contribution in [0.1, 0.15) is 120 Å². The molecule has 0 radical (unpaired) electrons. The van der Waals surface area contributed by atoms with Crippen LogP contribution in [0, 0.1) is 62.1 Å². The van der Waals surface area contributed by atoms with Crippen LogP contribution in [0.25, 0.3) is 0 Å². The summed E-state index contributed by atoms with van der Waals surface area (Å²) in [4.78, 5) is 13.4. The van der Waals surface area contributed by atoms with Gasteiger partial charge in [0.2, 0.25) is 0 Å². The van der Waals surface area contributed by atoms with Crippen molar-refractivity contribution in [3.8, 4) is 0 Å². The molecule has 5 aliphatic rings. The summed E-state index contributed by atoms with van der Waals surface area (Å²) >= 11 is 0. The molecular formula is C33H54O2. The van der Waals surface area contributed by atoms with Gasteiger partial charge in [0.05, 0.1) is 0 Å². The fourth-order valence-corrected chi connectivity index (χ4v) is 11.7. The molecule has 0 saturated heterocycles. The average Bonchev–Trinajstić information content (AvgIpc) is 2.77. The van der Waals surface area contributed by atoms with Gasteiger partial charge in [0, 0.05) is 5.41 Å². The first-order valence-electron chi connectivity index (χ1n) is 14.9. The van der Waals surface area contributed by atoms with Crippen molar-refractivity contribution in [1.29, 1.82) is 0 Å². The molecule has 35 heavy (non-hydrogen) atoms. The first kappa shape index (κ1) is 26.0. The molecule has 2 heteroatoms. The summed E-state index contributed by atoms with van der Waals surface area (Å²) in [5.74, 6) is 3.50. The predicted molar refractivity (Wildman–Crippen MR) is 145 cm³/mol. The molecular weight excluding hydrogens is 428 g/mol. The molecule has 0 amide bonds. The van der Waals surface area contributed by atoms with Crippen LogP contribution in [-0.2, 0) is 4.79 Å². The van der Waals surface area contributed by atoms with Gasteiger partial charge in [0.15, 0.2) is 5.78 Å². The van der Waals surface area contributed by atoms with Crippen LogP contribution in [0.15, 0.2) is 11.6 Å².